The quantitative estimate of drug-likeness (QED) is 0.527. The van der Waals surface area contributed by atoms with E-state index in [1.807, 2.05) is 0 Å². The van der Waals surface area contributed by atoms with Gasteiger partial charge in [0.2, 0.25) is 0 Å². The molecule has 1 aliphatic heterocycles. The van der Waals surface area contributed by atoms with Gasteiger partial charge in [0, 0.05) is 14.2 Å². The minimum Gasteiger partial charge on any atom is -0.462 e. The Morgan fingerprint density at radius 1 is 1.31 bits per heavy atom. The molecule has 1 saturated heterocycles. The monoisotopic (exact) mass is 410 g/mol. The van der Waals surface area contributed by atoms with Crippen molar-refractivity contribution in [3.05, 3.63) is 29.6 Å². The van der Waals surface area contributed by atoms with Gasteiger partial charge in [0.05, 0.1) is 29.8 Å². The first-order valence-electron chi connectivity index (χ1n) is 9.30. The smallest absolute Gasteiger partial charge is 0.338 e. The van der Waals surface area contributed by atoms with Crippen molar-refractivity contribution in [1.29, 1.82) is 0 Å². The minimum atomic E-state index is -1.25. The van der Waals surface area contributed by atoms with Crippen LogP contribution in [-0.4, -0.2) is 81.9 Å². The SMILES string of the molecule is CCOC(=O)c1ccc2c(c1)nc(CO[C@H]1[C@@H](O)[C@@H](CO)O[C@@H](OC)[C@@H]1O)n2C. The lowest BCUT2D eigenvalue weighted by Gasteiger charge is -2.41. The Morgan fingerprint density at radius 2 is 2.07 bits per heavy atom. The van der Waals surface area contributed by atoms with E-state index in [0.29, 0.717) is 16.9 Å². The zero-order valence-electron chi connectivity index (χ0n) is 16.5. The van der Waals surface area contributed by atoms with Crippen LogP contribution < -0.4 is 0 Å². The van der Waals surface area contributed by atoms with Crippen LogP contribution in [0.1, 0.15) is 23.1 Å². The first-order chi connectivity index (χ1) is 13.9. The van der Waals surface area contributed by atoms with Crippen molar-refractivity contribution in [2.45, 2.75) is 44.2 Å². The van der Waals surface area contributed by atoms with Crippen LogP contribution in [0.5, 0.6) is 0 Å². The first kappa shape index (κ1) is 21.6. The summed E-state index contributed by atoms with van der Waals surface area (Å²) in [6.07, 6.45) is -5.51. The molecule has 0 amide bonds. The van der Waals surface area contributed by atoms with Gasteiger partial charge in [-0.05, 0) is 25.1 Å². The predicted molar refractivity (Wildman–Crippen MR) is 100 cm³/mol. The lowest BCUT2D eigenvalue weighted by Crippen LogP contribution is -2.59. The molecule has 0 spiro atoms. The van der Waals surface area contributed by atoms with E-state index in [-0.39, 0.29) is 13.2 Å². The summed E-state index contributed by atoms with van der Waals surface area (Å²) in [6.45, 7) is 1.55. The molecule has 0 saturated carbocycles. The second-order valence-electron chi connectivity index (χ2n) is 6.73. The van der Waals surface area contributed by atoms with E-state index in [4.69, 9.17) is 18.9 Å². The maximum Gasteiger partial charge on any atom is 0.338 e. The van der Waals surface area contributed by atoms with E-state index < -0.39 is 43.3 Å². The molecule has 1 aliphatic rings. The van der Waals surface area contributed by atoms with Gasteiger partial charge < -0.3 is 38.8 Å². The average molecular weight is 410 g/mol. The van der Waals surface area contributed by atoms with Crippen LogP contribution in [0.4, 0.5) is 0 Å². The number of hydrogen-bond donors (Lipinski definition) is 3. The molecule has 29 heavy (non-hydrogen) atoms. The van der Waals surface area contributed by atoms with Gasteiger partial charge in [0.1, 0.15) is 36.8 Å². The molecular formula is C19H26N2O8. The number of carbonyl (C=O) groups is 1. The summed E-state index contributed by atoms with van der Waals surface area (Å²) in [5.41, 5.74) is 1.77. The van der Waals surface area contributed by atoms with E-state index in [9.17, 15) is 20.1 Å². The Labute approximate surface area is 167 Å². The number of rotatable bonds is 7. The molecule has 1 aromatic heterocycles. The van der Waals surface area contributed by atoms with Gasteiger partial charge in [-0.1, -0.05) is 0 Å². The molecule has 3 N–H and O–H groups in total. The van der Waals surface area contributed by atoms with Gasteiger partial charge in [-0.2, -0.15) is 0 Å². The number of aliphatic hydroxyl groups excluding tert-OH is 3. The highest BCUT2D eigenvalue weighted by Gasteiger charge is 2.45. The molecule has 0 radical (unpaired) electrons. The third-order valence-corrected chi connectivity index (χ3v) is 4.94. The fourth-order valence-electron chi connectivity index (χ4n) is 3.34. The molecule has 3 rings (SSSR count). The van der Waals surface area contributed by atoms with Gasteiger partial charge in [-0.25, -0.2) is 9.78 Å². The standard InChI is InChI=1S/C19H26N2O8/c1-4-27-18(25)10-5-6-12-11(7-10)20-14(21(12)2)9-28-17-15(23)13(8-22)29-19(26-3)16(17)24/h5-7,13,15-17,19,22-24H,4,8-9H2,1-3H3/t13-,15+,16-,17+,19-/m1/s1. The van der Waals surface area contributed by atoms with Crippen LogP contribution in [0.2, 0.25) is 0 Å². The summed E-state index contributed by atoms with van der Waals surface area (Å²) in [6, 6.07) is 5.06. The first-order valence-corrected chi connectivity index (χ1v) is 9.30. The maximum atomic E-state index is 11.9. The van der Waals surface area contributed by atoms with Crippen molar-refractivity contribution in [2.75, 3.05) is 20.3 Å². The number of benzene rings is 1. The Kier molecular flexibility index (Phi) is 6.83. The van der Waals surface area contributed by atoms with Crippen molar-refractivity contribution in [3.63, 3.8) is 0 Å². The Morgan fingerprint density at radius 3 is 2.72 bits per heavy atom. The second-order valence-corrected chi connectivity index (χ2v) is 6.73. The Bertz CT molecular complexity index is 838. The van der Waals surface area contributed by atoms with Crippen molar-refractivity contribution in [3.8, 4) is 0 Å². The van der Waals surface area contributed by atoms with Crippen LogP contribution in [0.3, 0.4) is 0 Å². The average Bonchev–Trinajstić information content (AvgIpc) is 3.03. The largest absolute Gasteiger partial charge is 0.462 e. The summed E-state index contributed by atoms with van der Waals surface area (Å²) in [5, 5.41) is 30.1. The molecule has 5 atom stereocenters. The molecular weight excluding hydrogens is 384 g/mol. The second kappa shape index (κ2) is 9.16. The van der Waals surface area contributed by atoms with Gasteiger partial charge >= 0.3 is 5.97 Å². The number of aromatic nitrogens is 2. The van der Waals surface area contributed by atoms with Crippen molar-refractivity contribution < 1.29 is 39.1 Å². The van der Waals surface area contributed by atoms with E-state index in [0.717, 1.165) is 5.52 Å². The minimum absolute atomic E-state index is 0.0205. The lowest BCUT2D eigenvalue weighted by atomic mass is 9.99. The number of hydrogen-bond acceptors (Lipinski definition) is 9. The van der Waals surface area contributed by atoms with Crippen LogP contribution in [0.15, 0.2) is 18.2 Å². The third kappa shape index (κ3) is 4.27. The number of nitrogens with zero attached hydrogens (tertiary/aromatic N) is 2. The molecule has 0 bridgehead atoms. The zero-order chi connectivity index (χ0) is 21.1. The molecule has 2 heterocycles. The number of imidazole rings is 1. The molecule has 10 heteroatoms. The summed E-state index contributed by atoms with van der Waals surface area (Å²) in [7, 11) is 3.15. The zero-order valence-corrected chi connectivity index (χ0v) is 16.5. The number of carbonyl (C=O) groups excluding carboxylic acids is 1. The van der Waals surface area contributed by atoms with E-state index in [1.54, 1.807) is 36.7 Å². The number of ether oxygens (including phenoxy) is 4. The van der Waals surface area contributed by atoms with Crippen LogP contribution in [-0.2, 0) is 32.6 Å². The van der Waals surface area contributed by atoms with Gasteiger partial charge in [0.15, 0.2) is 6.29 Å². The number of methoxy groups -OCH3 is 1. The van der Waals surface area contributed by atoms with Crippen LogP contribution in [0.25, 0.3) is 11.0 Å². The van der Waals surface area contributed by atoms with Gasteiger partial charge in [-0.3, -0.25) is 0 Å². The molecule has 0 aliphatic carbocycles. The number of aliphatic hydroxyl groups is 3. The summed E-state index contributed by atoms with van der Waals surface area (Å²) in [4.78, 5) is 16.4. The molecule has 10 nitrogen and oxygen atoms in total. The van der Waals surface area contributed by atoms with Gasteiger partial charge in [-0.15, -0.1) is 0 Å². The number of esters is 1. The van der Waals surface area contributed by atoms with Crippen molar-refractivity contribution in [2.24, 2.45) is 7.05 Å². The Balaban J connectivity index is 1.78. The van der Waals surface area contributed by atoms with E-state index in [1.165, 1.54) is 7.11 Å². The highest BCUT2D eigenvalue weighted by atomic mass is 16.7. The molecule has 1 aromatic carbocycles. The fourth-order valence-corrected chi connectivity index (χ4v) is 3.34. The third-order valence-electron chi connectivity index (χ3n) is 4.94. The van der Waals surface area contributed by atoms with Crippen molar-refractivity contribution in [1.82, 2.24) is 9.55 Å². The molecule has 1 fully saturated rings. The topological polar surface area (TPSA) is 133 Å². The van der Waals surface area contributed by atoms with Crippen LogP contribution in [0, 0.1) is 0 Å². The highest BCUT2D eigenvalue weighted by molar-refractivity contribution is 5.93. The normalized spacial score (nSPS) is 27.3. The summed E-state index contributed by atoms with van der Waals surface area (Å²) < 4.78 is 22.9. The molecule has 160 valence electrons. The predicted octanol–water partition coefficient (Wildman–Crippen LogP) is -0.279. The summed E-state index contributed by atoms with van der Waals surface area (Å²) >= 11 is 0. The summed E-state index contributed by atoms with van der Waals surface area (Å²) in [5.74, 6) is 0.105. The molecule has 2 aromatic rings. The maximum absolute atomic E-state index is 11.9. The van der Waals surface area contributed by atoms with Gasteiger partial charge in [0.25, 0.3) is 0 Å². The lowest BCUT2D eigenvalue weighted by molar-refractivity contribution is -0.303. The number of fused-ring (bicyclic) bond motifs is 1. The van der Waals surface area contributed by atoms with E-state index in [2.05, 4.69) is 4.98 Å². The Hall–Kier alpha value is -2.08. The van der Waals surface area contributed by atoms with Crippen LogP contribution >= 0.6 is 0 Å². The fraction of sp³-hybridized carbons (Fsp3) is 0.579. The molecule has 0 unspecified atom stereocenters. The van der Waals surface area contributed by atoms with Crippen molar-refractivity contribution >= 4 is 17.0 Å². The number of aryl methyl sites for hydroxylation is 1. The highest BCUT2D eigenvalue weighted by Crippen LogP contribution is 2.25. The van der Waals surface area contributed by atoms with E-state index >= 15 is 0 Å².